The van der Waals surface area contributed by atoms with Crippen molar-refractivity contribution in [3.05, 3.63) is 62.8 Å². The molecule has 0 radical (unpaired) electrons. The van der Waals surface area contributed by atoms with E-state index in [1.807, 2.05) is 0 Å². The third kappa shape index (κ3) is 6.07. The van der Waals surface area contributed by atoms with Crippen LogP contribution in [0.2, 0.25) is 0 Å². The van der Waals surface area contributed by atoms with Crippen molar-refractivity contribution in [1.29, 1.82) is 0 Å². The third-order valence-electron chi connectivity index (χ3n) is 5.97. The molecule has 1 aliphatic rings. The SMILES string of the molecule is COc1c(C)n([C@@H]2COCC2N(C)C(=O)OC(C)(C)C)cc(C(=O)NCc2c(F)cc(F)cc2F)c1=O. The fourth-order valence-corrected chi connectivity index (χ4v) is 4.09. The molecular weight excluding hydrogens is 495 g/mol. The highest BCUT2D eigenvalue weighted by molar-refractivity contribution is 5.94. The Hall–Kier alpha value is -3.54. The number of pyridine rings is 1. The Morgan fingerprint density at radius 2 is 1.81 bits per heavy atom. The lowest BCUT2D eigenvalue weighted by Crippen LogP contribution is -2.45. The van der Waals surface area contributed by atoms with E-state index in [0.717, 1.165) is 0 Å². The molecule has 2 aromatic rings. The molecule has 202 valence electrons. The van der Waals surface area contributed by atoms with Crippen molar-refractivity contribution in [1.82, 2.24) is 14.8 Å². The molecule has 1 fully saturated rings. The van der Waals surface area contributed by atoms with Gasteiger partial charge in [0.15, 0.2) is 5.75 Å². The van der Waals surface area contributed by atoms with Crippen molar-refractivity contribution >= 4 is 12.0 Å². The van der Waals surface area contributed by atoms with Gasteiger partial charge >= 0.3 is 6.09 Å². The van der Waals surface area contributed by atoms with E-state index in [9.17, 15) is 27.6 Å². The summed E-state index contributed by atoms with van der Waals surface area (Å²) in [6.07, 6.45) is 0.724. The van der Waals surface area contributed by atoms with Crippen LogP contribution in [0.15, 0.2) is 23.1 Å². The van der Waals surface area contributed by atoms with E-state index in [4.69, 9.17) is 14.2 Å². The summed E-state index contributed by atoms with van der Waals surface area (Å²) >= 11 is 0. The standard InChI is InChI=1S/C25H30F3N3O6/c1-13-22(35-6)21(32)16(23(33)29-9-15-17(27)7-14(26)8-18(15)28)10-31(13)20-12-36-11-19(20)30(5)24(34)37-25(2,3)4/h7-8,10,19-20H,9,11-12H2,1-6H3,(H,29,33)/t19?,20-/m1/s1. The molecule has 1 N–H and O–H groups in total. The molecule has 1 aromatic carbocycles. The average Bonchev–Trinajstić information content (AvgIpc) is 3.26. The molecule has 1 unspecified atom stereocenters. The first-order valence-corrected chi connectivity index (χ1v) is 11.5. The number of aromatic nitrogens is 1. The van der Waals surface area contributed by atoms with Crippen LogP contribution < -0.4 is 15.5 Å². The summed E-state index contributed by atoms with van der Waals surface area (Å²) in [5.74, 6) is -4.48. The monoisotopic (exact) mass is 525 g/mol. The van der Waals surface area contributed by atoms with Crippen LogP contribution in [-0.2, 0) is 16.0 Å². The maximum Gasteiger partial charge on any atom is 0.410 e. The molecule has 37 heavy (non-hydrogen) atoms. The molecule has 1 aliphatic heterocycles. The molecular formula is C25H30F3N3O6. The van der Waals surface area contributed by atoms with E-state index < -0.39 is 64.7 Å². The van der Waals surface area contributed by atoms with E-state index in [-0.39, 0.29) is 24.5 Å². The number of carbonyl (C=O) groups is 2. The highest BCUT2D eigenvalue weighted by Gasteiger charge is 2.38. The van der Waals surface area contributed by atoms with Gasteiger partial charge in [0.1, 0.15) is 28.6 Å². The van der Waals surface area contributed by atoms with Gasteiger partial charge in [-0.25, -0.2) is 18.0 Å². The predicted octanol–water partition coefficient (Wildman–Crippen LogP) is 3.32. The summed E-state index contributed by atoms with van der Waals surface area (Å²) in [5, 5.41) is 2.30. The molecule has 0 spiro atoms. The van der Waals surface area contributed by atoms with Crippen molar-refractivity contribution in [2.24, 2.45) is 0 Å². The Bertz CT molecular complexity index is 1230. The fourth-order valence-electron chi connectivity index (χ4n) is 4.09. The lowest BCUT2D eigenvalue weighted by molar-refractivity contribution is 0.0186. The number of halogens is 3. The zero-order chi connectivity index (χ0) is 27.7. The number of benzene rings is 1. The van der Waals surface area contributed by atoms with Crippen molar-refractivity contribution < 1.29 is 37.0 Å². The number of hydrogen-bond acceptors (Lipinski definition) is 6. The Kier molecular flexibility index (Phi) is 8.21. The molecule has 3 rings (SSSR count). The summed E-state index contributed by atoms with van der Waals surface area (Å²) in [6, 6.07) is -0.0218. The molecule has 2 atom stereocenters. The van der Waals surface area contributed by atoms with Gasteiger partial charge < -0.3 is 29.0 Å². The normalized spacial score (nSPS) is 17.4. The summed E-state index contributed by atoms with van der Waals surface area (Å²) in [5.41, 5.74) is -1.97. The molecule has 1 aromatic heterocycles. The minimum Gasteiger partial charge on any atom is -0.491 e. The van der Waals surface area contributed by atoms with Gasteiger partial charge in [0.25, 0.3) is 5.91 Å². The molecule has 1 saturated heterocycles. The lowest BCUT2D eigenvalue weighted by atomic mass is 10.1. The number of rotatable bonds is 6. The molecule has 0 saturated carbocycles. The molecule has 2 amide bonds. The third-order valence-corrected chi connectivity index (χ3v) is 5.97. The van der Waals surface area contributed by atoms with Gasteiger partial charge in [0, 0.05) is 37.5 Å². The number of ether oxygens (including phenoxy) is 3. The number of nitrogens with zero attached hydrogens (tertiary/aromatic N) is 2. The number of carbonyl (C=O) groups excluding carboxylic acids is 2. The molecule has 2 heterocycles. The summed E-state index contributed by atoms with van der Waals surface area (Å²) in [6.45, 7) is 6.57. The molecule has 12 heteroatoms. The topological polar surface area (TPSA) is 99.1 Å². The summed E-state index contributed by atoms with van der Waals surface area (Å²) < 4.78 is 59.1. The van der Waals surface area contributed by atoms with Crippen molar-refractivity contribution in [2.75, 3.05) is 27.4 Å². The van der Waals surface area contributed by atoms with Gasteiger partial charge in [-0.2, -0.15) is 0 Å². The number of hydrogen-bond donors (Lipinski definition) is 1. The predicted molar refractivity (Wildman–Crippen MR) is 127 cm³/mol. The second-order valence-corrected chi connectivity index (χ2v) is 9.69. The second kappa shape index (κ2) is 10.8. The molecule has 0 aliphatic carbocycles. The maximum atomic E-state index is 14.0. The van der Waals surface area contributed by atoms with Gasteiger partial charge in [-0.1, -0.05) is 0 Å². The number of methoxy groups -OCH3 is 1. The van der Waals surface area contributed by atoms with E-state index >= 15 is 0 Å². The maximum absolute atomic E-state index is 14.0. The van der Waals surface area contributed by atoms with Gasteiger partial charge in [-0.15, -0.1) is 0 Å². The zero-order valence-electron chi connectivity index (χ0n) is 21.5. The highest BCUT2D eigenvalue weighted by Crippen LogP contribution is 2.29. The van der Waals surface area contributed by atoms with Crippen LogP contribution in [0.4, 0.5) is 18.0 Å². The largest absolute Gasteiger partial charge is 0.491 e. The van der Waals surface area contributed by atoms with Gasteiger partial charge in [0.05, 0.1) is 38.1 Å². The van der Waals surface area contributed by atoms with Crippen molar-refractivity contribution in [3.8, 4) is 5.75 Å². The summed E-state index contributed by atoms with van der Waals surface area (Å²) in [7, 11) is 2.84. The Balaban J connectivity index is 1.94. The van der Waals surface area contributed by atoms with Crippen LogP contribution >= 0.6 is 0 Å². The first kappa shape index (κ1) is 28.0. The molecule has 0 bridgehead atoms. The lowest BCUT2D eigenvalue weighted by Gasteiger charge is -2.32. The Morgan fingerprint density at radius 3 is 2.38 bits per heavy atom. The van der Waals surface area contributed by atoms with Gasteiger partial charge in [0.2, 0.25) is 5.43 Å². The number of amides is 2. The Labute approximate surface area is 212 Å². The van der Waals surface area contributed by atoms with Crippen molar-refractivity contribution in [2.45, 2.75) is 51.9 Å². The first-order chi connectivity index (χ1) is 17.2. The van der Waals surface area contributed by atoms with E-state index in [2.05, 4.69) is 5.32 Å². The summed E-state index contributed by atoms with van der Waals surface area (Å²) in [4.78, 5) is 40.0. The quantitative estimate of drug-likeness (QED) is 0.622. The number of nitrogens with one attached hydrogen (secondary N) is 1. The van der Waals surface area contributed by atoms with Crippen LogP contribution in [0, 0.1) is 24.4 Å². The average molecular weight is 526 g/mol. The Morgan fingerprint density at radius 1 is 1.19 bits per heavy atom. The first-order valence-electron chi connectivity index (χ1n) is 11.5. The van der Waals surface area contributed by atoms with Crippen LogP contribution in [0.25, 0.3) is 0 Å². The van der Waals surface area contributed by atoms with Crippen LogP contribution in [-0.4, -0.2) is 60.5 Å². The van der Waals surface area contributed by atoms with Crippen LogP contribution in [0.1, 0.15) is 48.4 Å². The molecule has 9 nitrogen and oxygen atoms in total. The fraction of sp³-hybridized carbons (Fsp3) is 0.480. The van der Waals surface area contributed by atoms with E-state index in [1.165, 1.54) is 18.2 Å². The minimum atomic E-state index is -1.17. The van der Waals surface area contributed by atoms with Crippen LogP contribution in [0.5, 0.6) is 5.75 Å². The second-order valence-electron chi connectivity index (χ2n) is 9.69. The van der Waals surface area contributed by atoms with Crippen LogP contribution in [0.3, 0.4) is 0 Å². The highest BCUT2D eigenvalue weighted by atomic mass is 19.1. The van der Waals surface area contributed by atoms with Crippen molar-refractivity contribution in [3.63, 3.8) is 0 Å². The van der Waals surface area contributed by atoms with Gasteiger partial charge in [-0.05, 0) is 27.7 Å². The zero-order valence-corrected chi connectivity index (χ0v) is 21.5. The van der Waals surface area contributed by atoms with Gasteiger partial charge in [-0.3, -0.25) is 9.59 Å². The number of likely N-dealkylation sites (N-methyl/N-ethyl adjacent to an activating group) is 1. The van der Waals surface area contributed by atoms with E-state index in [1.54, 1.807) is 39.3 Å². The smallest absolute Gasteiger partial charge is 0.410 e. The minimum absolute atomic E-state index is 0.114. The van der Waals surface area contributed by atoms with E-state index in [0.29, 0.717) is 17.8 Å².